The van der Waals surface area contributed by atoms with E-state index < -0.39 is 0 Å². The fourth-order valence-electron chi connectivity index (χ4n) is 2.81. The number of carbonyl (C=O) groups excluding carboxylic acids is 1. The van der Waals surface area contributed by atoms with Crippen molar-refractivity contribution in [1.82, 2.24) is 15.5 Å². The van der Waals surface area contributed by atoms with Crippen LogP contribution in [0.25, 0.3) is 0 Å². The Kier molecular flexibility index (Phi) is 5.27. The Labute approximate surface area is 153 Å². The van der Waals surface area contributed by atoms with Crippen molar-refractivity contribution in [3.8, 4) is 0 Å². The van der Waals surface area contributed by atoms with Gasteiger partial charge in [-0.15, -0.1) is 10.2 Å². The third kappa shape index (κ3) is 4.66. The van der Waals surface area contributed by atoms with Gasteiger partial charge in [0.1, 0.15) is 0 Å². The molecule has 2 N–H and O–H groups in total. The summed E-state index contributed by atoms with van der Waals surface area (Å²) in [5, 5.41) is 14.2. The van der Waals surface area contributed by atoms with E-state index >= 15 is 0 Å². The summed E-state index contributed by atoms with van der Waals surface area (Å²) in [5.74, 6) is 0.363. The molecule has 0 unspecified atom stereocenters. The average molecular weight is 346 g/mol. The number of carbonyl (C=O) groups is 1. The average Bonchev–Trinajstić information content (AvgIpc) is 2.59. The van der Waals surface area contributed by atoms with E-state index in [4.69, 9.17) is 0 Å². The summed E-state index contributed by atoms with van der Waals surface area (Å²) in [6.45, 7) is 6.58. The van der Waals surface area contributed by atoms with Crippen LogP contribution in [0.1, 0.15) is 32.7 Å². The second-order valence-electron chi connectivity index (χ2n) is 6.48. The number of nitrogens with zero attached hydrogens (tertiary/aromatic N) is 2. The maximum atomic E-state index is 12.2. The van der Waals surface area contributed by atoms with Gasteiger partial charge in [-0.1, -0.05) is 35.9 Å². The Morgan fingerprint density at radius 3 is 2.31 bits per heavy atom. The van der Waals surface area contributed by atoms with E-state index in [0.29, 0.717) is 18.1 Å². The van der Waals surface area contributed by atoms with E-state index in [1.54, 1.807) is 12.1 Å². The first-order valence-electron chi connectivity index (χ1n) is 8.52. The molecule has 132 valence electrons. The number of aromatic nitrogens is 2. The Morgan fingerprint density at radius 2 is 1.65 bits per heavy atom. The molecule has 1 amide bonds. The van der Waals surface area contributed by atoms with Gasteiger partial charge in [0.25, 0.3) is 5.91 Å². The van der Waals surface area contributed by atoms with Gasteiger partial charge in [0.05, 0.1) is 0 Å². The molecule has 0 saturated carbocycles. The fourth-order valence-corrected chi connectivity index (χ4v) is 2.81. The molecule has 26 heavy (non-hydrogen) atoms. The van der Waals surface area contributed by atoms with Crippen LogP contribution < -0.4 is 10.6 Å². The van der Waals surface area contributed by atoms with Gasteiger partial charge in [0.15, 0.2) is 11.5 Å². The molecule has 0 fully saturated rings. The molecule has 2 aromatic carbocycles. The lowest BCUT2D eigenvalue weighted by molar-refractivity contribution is 0.0945. The minimum atomic E-state index is -0.239. The second-order valence-corrected chi connectivity index (χ2v) is 6.48. The Balaban J connectivity index is 1.62. The summed E-state index contributed by atoms with van der Waals surface area (Å²) >= 11 is 0. The highest BCUT2D eigenvalue weighted by atomic mass is 16.1. The highest BCUT2D eigenvalue weighted by Crippen LogP contribution is 2.17. The van der Waals surface area contributed by atoms with Crippen molar-refractivity contribution in [2.24, 2.45) is 0 Å². The summed E-state index contributed by atoms with van der Waals surface area (Å²) in [4.78, 5) is 12.2. The zero-order chi connectivity index (χ0) is 18.5. The Morgan fingerprint density at radius 1 is 0.885 bits per heavy atom. The zero-order valence-electron chi connectivity index (χ0n) is 15.2. The van der Waals surface area contributed by atoms with Crippen molar-refractivity contribution in [3.63, 3.8) is 0 Å². The normalized spacial score (nSPS) is 10.4. The first-order chi connectivity index (χ1) is 12.5. The third-order valence-corrected chi connectivity index (χ3v) is 3.93. The van der Waals surface area contributed by atoms with Gasteiger partial charge < -0.3 is 10.6 Å². The molecule has 0 spiro atoms. The van der Waals surface area contributed by atoms with Gasteiger partial charge >= 0.3 is 0 Å². The highest BCUT2D eigenvalue weighted by Gasteiger charge is 2.08. The number of hydrogen-bond donors (Lipinski definition) is 2. The molecule has 1 heterocycles. The number of hydrogen-bond acceptors (Lipinski definition) is 4. The van der Waals surface area contributed by atoms with Crippen LogP contribution in [0.2, 0.25) is 0 Å². The third-order valence-electron chi connectivity index (χ3n) is 3.93. The van der Waals surface area contributed by atoms with Crippen LogP contribution in [0, 0.1) is 20.8 Å². The molecule has 0 radical (unpaired) electrons. The van der Waals surface area contributed by atoms with E-state index in [-0.39, 0.29) is 5.91 Å². The predicted molar refractivity (Wildman–Crippen MR) is 104 cm³/mol. The molecule has 0 aliphatic heterocycles. The van der Waals surface area contributed by atoms with Crippen LogP contribution in [-0.2, 0) is 6.54 Å². The summed E-state index contributed by atoms with van der Waals surface area (Å²) < 4.78 is 0. The van der Waals surface area contributed by atoms with Crippen molar-refractivity contribution in [2.45, 2.75) is 27.3 Å². The summed E-state index contributed by atoms with van der Waals surface area (Å²) in [7, 11) is 0. The van der Waals surface area contributed by atoms with Crippen LogP contribution in [0.3, 0.4) is 0 Å². The molecule has 1 aromatic heterocycles. The zero-order valence-corrected chi connectivity index (χ0v) is 15.2. The number of benzene rings is 2. The maximum Gasteiger partial charge on any atom is 0.272 e. The first-order valence-corrected chi connectivity index (χ1v) is 8.52. The van der Waals surface area contributed by atoms with Crippen LogP contribution >= 0.6 is 0 Å². The van der Waals surface area contributed by atoms with Crippen molar-refractivity contribution in [2.75, 3.05) is 5.32 Å². The van der Waals surface area contributed by atoms with E-state index in [9.17, 15) is 4.79 Å². The SMILES string of the molecule is Cc1cccc(CNC(=O)c2ccc(Nc3cc(C)cc(C)c3)nn2)c1. The number of anilines is 2. The quantitative estimate of drug-likeness (QED) is 0.731. The van der Waals surface area contributed by atoms with E-state index in [0.717, 1.165) is 11.3 Å². The molecule has 0 aliphatic carbocycles. The van der Waals surface area contributed by atoms with Crippen LogP contribution in [0.5, 0.6) is 0 Å². The topological polar surface area (TPSA) is 66.9 Å². The lowest BCUT2D eigenvalue weighted by atomic mass is 10.1. The van der Waals surface area contributed by atoms with Gasteiger partial charge in [-0.25, -0.2) is 0 Å². The minimum absolute atomic E-state index is 0.239. The summed E-state index contributed by atoms with van der Waals surface area (Å²) in [5.41, 5.74) is 5.81. The number of amides is 1. The lowest BCUT2D eigenvalue weighted by Gasteiger charge is -2.08. The Bertz CT molecular complexity index is 899. The molecule has 0 aliphatic rings. The van der Waals surface area contributed by atoms with Crippen molar-refractivity contribution in [1.29, 1.82) is 0 Å². The predicted octanol–water partition coefficient (Wildman–Crippen LogP) is 4.08. The van der Waals surface area contributed by atoms with Gasteiger partial charge in [-0.05, 0) is 61.7 Å². The molecule has 0 atom stereocenters. The van der Waals surface area contributed by atoms with Gasteiger partial charge in [0.2, 0.25) is 0 Å². The largest absolute Gasteiger partial charge is 0.347 e. The van der Waals surface area contributed by atoms with E-state index in [1.807, 2.05) is 57.2 Å². The fraction of sp³-hybridized carbons (Fsp3) is 0.190. The standard InChI is InChI=1S/C21H22N4O/c1-14-5-4-6-17(10-14)13-22-21(26)19-7-8-20(25-24-19)23-18-11-15(2)9-16(3)12-18/h4-12H,13H2,1-3H3,(H,22,26)(H,23,25). The van der Waals surface area contributed by atoms with Crippen LogP contribution in [-0.4, -0.2) is 16.1 Å². The van der Waals surface area contributed by atoms with Crippen molar-refractivity contribution >= 4 is 17.4 Å². The molecule has 3 aromatic rings. The van der Waals surface area contributed by atoms with Crippen LogP contribution in [0.4, 0.5) is 11.5 Å². The minimum Gasteiger partial charge on any atom is -0.347 e. The first kappa shape index (κ1) is 17.6. The van der Waals surface area contributed by atoms with Crippen LogP contribution in [0.15, 0.2) is 54.6 Å². The Hall–Kier alpha value is -3.21. The number of nitrogens with one attached hydrogen (secondary N) is 2. The molecular weight excluding hydrogens is 324 g/mol. The summed E-state index contributed by atoms with van der Waals surface area (Å²) in [6, 6.07) is 17.6. The molecule has 3 rings (SSSR count). The van der Waals surface area contributed by atoms with Gasteiger partial charge in [-0.3, -0.25) is 4.79 Å². The number of rotatable bonds is 5. The number of aryl methyl sites for hydroxylation is 3. The van der Waals surface area contributed by atoms with Crippen molar-refractivity contribution < 1.29 is 4.79 Å². The van der Waals surface area contributed by atoms with Crippen molar-refractivity contribution in [3.05, 3.63) is 82.5 Å². The van der Waals surface area contributed by atoms with Gasteiger partial charge in [-0.2, -0.15) is 0 Å². The molecule has 5 heteroatoms. The molecule has 5 nitrogen and oxygen atoms in total. The molecule has 0 saturated heterocycles. The molecule has 0 bridgehead atoms. The van der Waals surface area contributed by atoms with E-state index in [2.05, 4.69) is 26.9 Å². The molecular formula is C21H22N4O. The second kappa shape index (κ2) is 7.78. The highest BCUT2D eigenvalue weighted by molar-refractivity contribution is 5.92. The van der Waals surface area contributed by atoms with Gasteiger partial charge in [0, 0.05) is 12.2 Å². The maximum absolute atomic E-state index is 12.2. The monoisotopic (exact) mass is 346 g/mol. The van der Waals surface area contributed by atoms with E-state index in [1.165, 1.54) is 16.7 Å². The smallest absolute Gasteiger partial charge is 0.272 e. The summed E-state index contributed by atoms with van der Waals surface area (Å²) in [6.07, 6.45) is 0. The lowest BCUT2D eigenvalue weighted by Crippen LogP contribution is -2.24.